The summed E-state index contributed by atoms with van der Waals surface area (Å²) in [5.74, 6) is 3.39. The van der Waals surface area contributed by atoms with Crippen molar-refractivity contribution < 1.29 is 24.1 Å². The van der Waals surface area contributed by atoms with Gasteiger partial charge < -0.3 is 24.1 Å². The third-order valence-electron chi connectivity index (χ3n) is 7.87. The van der Waals surface area contributed by atoms with E-state index in [9.17, 15) is 5.11 Å². The third kappa shape index (κ3) is 8.39. The summed E-state index contributed by atoms with van der Waals surface area (Å²) in [7, 11) is 1.61. The molecule has 47 heavy (non-hydrogen) atoms. The molecule has 6 bridgehead atoms. The number of phenols is 1. The number of hydrogen-bond donors (Lipinski definition) is 1. The van der Waals surface area contributed by atoms with Crippen LogP contribution in [0.25, 0.3) is 0 Å². The van der Waals surface area contributed by atoms with Gasteiger partial charge in [0.2, 0.25) is 0 Å². The number of ether oxygens (including phenoxy) is 4. The van der Waals surface area contributed by atoms with Gasteiger partial charge in [-0.3, -0.25) is 0 Å². The molecule has 0 aromatic heterocycles. The Balaban J connectivity index is 1.63. The minimum absolute atomic E-state index is 0.0550. The van der Waals surface area contributed by atoms with Crippen molar-refractivity contribution >= 4 is 34.8 Å². The van der Waals surface area contributed by atoms with Crippen LogP contribution < -0.4 is 18.9 Å². The molecule has 0 unspecified atom stereocenters. The molecular weight excluding hydrogens is 655 g/mol. The highest BCUT2D eigenvalue weighted by atomic mass is 35.5. The number of aryl methyl sites for hydroxylation is 3. The van der Waals surface area contributed by atoms with Crippen LogP contribution in [0, 0.1) is 20.8 Å². The Morgan fingerprint density at radius 1 is 0.702 bits per heavy atom. The van der Waals surface area contributed by atoms with Crippen molar-refractivity contribution in [2.75, 3.05) is 7.11 Å². The highest BCUT2D eigenvalue weighted by Crippen LogP contribution is 2.43. The SMILES string of the molecule is COc1cc2cc(C)c1Oc1cc(c(C)cc1Cl)C/C=C\Cc1cc(C)cc(OC(C)C)c1Oc1cc(c(O)cc1Cl)C/C=C(/Cl)C2. The summed E-state index contributed by atoms with van der Waals surface area (Å²) in [6.45, 7) is 9.99. The molecule has 6 rings (SSSR count). The van der Waals surface area contributed by atoms with Crippen LogP contribution in [0.5, 0.6) is 40.2 Å². The molecule has 0 aliphatic carbocycles. The van der Waals surface area contributed by atoms with E-state index in [0.29, 0.717) is 75.8 Å². The van der Waals surface area contributed by atoms with E-state index < -0.39 is 0 Å². The predicted octanol–water partition coefficient (Wildman–Crippen LogP) is 11.6. The molecule has 246 valence electrons. The van der Waals surface area contributed by atoms with E-state index in [2.05, 4.69) is 18.2 Å². The van der Waals surface area contributed by atoms with Crippen molar-refractivity contribution in [2.45, 2.75) is 66.4 Å². The maximum Gasteiger partial charge on any atom is 0.172 e. The molecule has 0 radical (unpaired) electrons. The molecule has 4 aromatic carbocycles. The molecule has 0 amide bonds. The summed E-state index contributed by atoms with van der Waals surface area (Å²) in [4.78, 5) is 0. The number of methoxy groups -OCH3 is 1. The van der Waals surface area contributed by atoms with Crippen molar-refractivity contribution in [1.82, 2.24) is 0 Å². The molecule has 0 atom stereocenters. The zero-order valence-electron chi connectivity index (χ0n) is 27.5. The van der Waals surface area contributed by atoms with E-state index in [1.807, 2.05) is 71.0 Å². The van der Waals surface area contributed by atoms with Crippen molar-refractivity contribution in [3.05, 3.63) is 121 Å². The van der Waals surface area contributed by atoms with Crippen LogP contribution >= 0.6 is 34.8 Å². The monoisotopic (exact) mass is 692 g/mol. The first-order chi connectivity index (χ1) is 22.4. The van der Waals surface area contributed by atoms with Crippen molar-refractivity contribution in [3.63, 3.8) is 0 Å². The second-order valence-electron chi connectivity index (χ2n) is 12.1. The van der Waals surface area contributed by atoms with Crippen LogP contribution in [-0.2, 0) is 25.7 Å². The molecule has 2 aliphatic rings. The number of benzene rings is 4. The molecule has 1 N–H and O–H groups in total. The van der Waals surface area contributed by atoms with Gasteiger partial charge in [-0.15, -0.1) is 0 Å². The average molecular weight is 694 g/mol. The Hall–Kier alpha value is -3.77. The first kappa shape index (κ1) is 34.6. The lowest BCUT2D eigenvalue weighted by Gasteiger charge is -2.20. The van der Waals surface area contributed by atoms with Gasteiger partial charge >= 0.3 is 0 Å². The molecule has 0 fully saturated rings. The zero-order chi connectivity index (χ0) is 33.8. The summed E-state index contributed by atoms with van der Waals surface area (Å²) in [6, 6.07) is 15.2. The quantitative estimate of drug-likeness (QED) is 0.216. The van der Waals surface area contributed by atoms with Crippen LogP contribution in [0.1, 0.15) is 52.8 Å². The van der Waals surface area contributed by atoms with E-state index in [4.69, 9.17) is 53.8 Å². The van der Waals surface area contributed by atoms with Gasteiger partial charge in [0.15, 0.2) is 23.0 Å². The number of aromatic hydroxyl groups is 1. The Morgan fingerprint density at radius 2 is 1.36 bits per heavy atom. The Bertz CT molecular complexity index is 1860. The van der Waals surface area contributed by atoms with E-state index in [-0.39, 0.29) is 16.9 Å². The largest absolute Gasteiger partial charge is 0.508 e. The van der Waals surface area contributed by atoms with E-state index in [0.717, 1.165) is 33.4 Å². The summed E-state index contributed by atoms with van der Waals surface area (Å²) in [5, 5.41) is 12.2. The average Bonchev–Trinajstić information content (AvgIpc) is 2.99. The summed E-state index contributed by atoms with van der Waals surface area (Å²) >= 11 is 20.1. The number of hydrogen-bond acceptors (Lipinski definition) is 5. The van der Waals surface area contributed by atoms with Gasteiger partial charge in [0.1, 0.15) is 17.2 Å². The van der Waals surface area contributed by atoms with Gasteiger partial charge in [-0.25, -0.2) is 0 Å². The maximum atomic E-state index is 10.8. The lowest BCUT2D eigenvalue weighted by atomic mass is 10.0. The molecule has 5 nitrogen and oxygen atoms in total. The topological polar surface area (TPSA) is 57.2 Å². The zero-order valence-corrected chi connectivity index (χ0v) is 29.7. The molecule has 0 saturated carbocycles. The normalized spacial score (nSPS) is 15.3. The molecule has 2 heterocycles. The molecule has 8 heteroatoms. The van der Waals surface area contributed by atoms with Crippen LogP contribution in [0.2, 0.25) is 10.0 Å². The number of allylic oxidation sites excluding steroid dienone is 4. The van der Waals surface area contributed by atoms with Gasteiger partial charge in [0, 0.05) is 28.6 Å². The molecule has 4 aromatic rings. The number of rotatable bonds is 3. The van der Waals surface area contributed by atoms with Crippen LogP contribution in [-0.4, -0.2) is 18.3 Å². The van der Waals surface area contributed by atoms with Crippen LogP contribution in [0.3, 0.4) is 0 Å². The van der Waals surface area contributed by atoms with Gasteiger partial charge in [-0.05, 0) is 112 Å². The van der Waals surface area contributed by atoms with Crippen molar-refractivity contribution in [1.29, 1.82) is 0 Å². The highest BCUT2D eigenvalue weighted by Gasteiger charge is 2.19. The van der Waals surface area contributed by atoms with Crippen molar-refractivity contribution in [2.24, 2.45) is 0 Å². The van der Waals surface area contributed by atoms with E-state index in [1.165, 1.54) is 6.07 Å². The molecular formula is C39H39Cl3O5. The number of phenolic OH excluding ortho intramolecular Hbond substituents is 1. The number of halogens is 3. The van der Waals surface area contributed by atoms with Gasteiger partial charge in [-0.2, -0.15) is 0 Å². The minimum atomic E-state index is -0.0726. The fraction of sp³-hybridized carbons (Fsp3) is 0.282. The van der Waals surface area contributed by atoms with Crippen molar-refractivity contribution in [3.8, 4) is 40.2 Å². The second-order valence-corrected chi connectivity index (χ2v) is 13.4. The first-order valence-electron chi connectivity index (χ1n) is 15.5. The Labute approximate surface area is 292 Å². The smallest absolute Gasteiger partial charge is 0.172 e. The second kappa shape index (κ2) is 15.0. The minimum Gasteiger partial charge on any atom is -0.508 e. The molecule has 0 saturated heterocycles. The lowest BCUT2D eigenvalue weighted by Crippen LogP contribution is -2.08. The summed E-state index contributed by atoms with van der Waals surface area (Å²) in [5.41, 5.74) is 6.59. The molecule has 0 spiro atoms. The Morgan fingerprint density at radius 3 is 2.06 bits per heavy atom. The standard InChI is InChI=1S/C39H39Cl3O5/c1-22(2)45-37-14-23(3)13-29-10-8-7-9-27-19-34(31(41)16-24(27)4)46-38-25(5)15-26(18-36(38)44-6)17-30(40)12-11-28-20-35(47-39(29)37)32(42)21-33(28)43/h7-8,12-16,18-22,43H,9-11,17H2,1-6H3/b8-7-,30-12+. The van der Waals surface area contributed by atoms with Gasteiger partial charge in [-0.1, -0.05) is 65.2 Å². The highest BCUT2D eigenvalue weighted by molar-refractivity contribution is 6.32. The van der Waals surface area contributed by atoms with E-state index in [1.54, 1.807) is 13.2 Å². The predicted molar refractivity (Wildman–Crippen MR) is 192 cm³/mol. The molecule has 2 aliphatic heterocycles. The van der Waals surface area contributed by atoms with Crippen LogP contribution in [0.4, 0.5) is 0 Å². The van der Waals surface area contributed by atoms with Crippen LogP contribution in [0.15, 0.2) is 71.8 Å². The van der Waals surface area contributed by atoms with Gasteiger partial charge in [0.25, 0.3) is 0 Å². The summed E-state index contributed by atoms with van der Waals surface area (Å²) < 4.78 is 24.9. The Kier molecular flexibility index (Phi) is 11.0. The fourth-order valence-corrected chi connectivity index (χ4v) is 6.25. The third-order valence-corrected chi connectivity index (χ3v) is 8.74. The number of fused-ring (bicyclic) bond motifs is 6. The maximum absolute atomic E-state index is 10.8. The fourth-order valence-electron chi connectivity index (χ4n) is 5.57. The first-order valence-corrected chi connectivity index (χ1v) is 16.7. The summed E-state index contributed by atoms with van der Waals surface area (Å²) in [6.07, 6.45) is 8.12. The van der Waals surface area contributed by atoms with Gasteiger partial charge in [0.05, 0.1) is 23.3 Å². The van der Waals surface area contributed by atoms with E-state index >= 15 is 0 Å². The lowest BCUT2D eigenvalue weighted by molar-refractivity contribution is 0.233.